The van der Waals surface area contributed by atoms with Gasteiger partial charge >= 0.3 is 0 Å². The summed E-state index contributed by atoms with van der Waals surface area (Å²) in [6, 6.07) is -0.910. The number of likely N-dealkylation sites (N-methyl/N-ethyl adjacent to an activating group) is 1. The molecule has 0 aromatic carbocycles. The summed E-state index contributed by atoms with van der Waals surface area (Å²) in [4.78, 5) is 24.9. The number of phosphoric ester groups is 1. The number of aliphatic hydroxyl groups is 1. The lowest BCUT2D eigenvalue weighted by molar-refractivity contribution is -0.870. The monoisotopic (exact) mass is 690 g/mol. The Balaban J connectivity index is 4.41. The smallest absolute Gasteiger partial charge is 0.268 e. The Morgan fingerprint density at radius 1 is 0.750 bits per heavy atom. The number of rotatable bonds is 30. The van der Waals surface area contributed by atoms with Gasteiger partial charge in [0.2, 0.25) is 5.91 Å². The molecule has 274 valence electrons. The number of phosphoric acid groups is 1. The molecule has 0 aliphatic heterocycles. The van der Waals surface area contributed by atoms with Gasteiger partial charge in [0, 0.05) is 6.42 Å². The van der Waals surface area contributed by atoms with Gasteiger partial charge in [0.25, 0.3) is 7.82 Å². The molecule has 0 fully saturated rings. The van der Waals surface area contributed by atoms with E-state index in [1.54, 1.807) is 6.08 Å². The molecule has 3 unspecified atom stereocenters. The normalized spacial score (nSPS) is 15.7. The average molecular weight is 691 g/mol. The zero-order valence-electron chi connectivity index (χ0n) is 30.6. The van der Waals surface area contributed by atoms with Gasteiger partial charge in [-0.25, -0.2) is 0 Å². The molecular formula is C39H67N2O6P. The SMILES string of the molecule is CC/C=C\C/C=C\C/C=C\C/C=C\C/C=C\C/C=C\CCCCC(=O)NC(COP(=O)([O-])OCC[N+](C)(C)C)C(O)/C=C/CCCCC. The van der Waals surface area contributed by atoms with Gasteiger partial charge < -0.3 is 28.8 Å². The molecule has 3 atom stereocenters. The average Bonchev–Trinajstić information content (AvgIpc) is 3.02. The third kappa shape index (κ3) is 32.2. The first-order chi connectivity index (χ1) is 23.0. The van der Waals surface area contributed by atoms with Crippen molar-refractivity contribution in [3.05, 3.63) is 85.1 Å². The van der Waals surface area contributed by atoms with Gasteiger partial charge in [-0.15, -0.1) is 0 Å². The minimum Gasteiger partial charge on any atom is -0.756 e. The quantitative estimate of drug-likeness (QED) is 0.0339. The molecule has 0 aromatic rings. The summed E-state index contributed by atoms with van der Waals surface area (Å²) in [6.07, 6.45) is 41.0. The van der Waals surface area contributed by atoms with Crippen molar-refractivity contribution in [2.75, 3.05) is 40.9 Å². The van der Waals surface area contributed by atoms with Crippen LogP contribution in [-0.2, 0) is 18.4 Å². The molecule has 0 saturated carbocycles. The van der Waals surface area contributed by atoms with Crippen LogP contribution in [-0.4, -0.2) is 68.5 Å². The van der Waals surface area contributed by atoms with Crippen LogP contribution in [0.2, 0.25) is 0 Å². The number of aliphatic hydroxyl groups excluding tert-OH is 1. The molecule has 2 N–H and O–H groups in total. The van der Waals surface area contributed by atoms with E-state index in [1.165, 1.54) is 0 Å². The summed E-state index contributed by atoms with van der Waals surface area (Å²) in [7, 11) is 1.20. The summed E-state index contributed by atoms with van der Waals surface area (Å²) < 4.78 is 22.9. The molecule has 0 spiro atoms. The Labute approximate surface area is 293 Å². The van der Waals surface area contributed by atoms with E-state index in [4.69, 9.17) is 9.05 Å². The Kier molecular flexibility index (Phi) is 29.2. The minimum absolute atomic E-state index is 0.0159. The molecule has 0 aliphatic carbocycles. The Bertz CT molecular complexity index is 1060. The molecule has 9 heteroatoms. The lowest BCUT2D eigenvalue weighted by atomic mass is 10.1. The summed E-state index contributed by atoms with van der Waals surface area (Å²) in [5, 5.41) is 13.5. The maximum Gasteiger partial charge on any atom is 0.268 e. The maximum absolute atomic E-state index is 12.7. The highest BCUT2D eigenvalue weighted by molar-refractivity contribution is 7.45. The number of carbonyl (C=O) groups excluding carboxylic acids is 1. The molecule has 0 bridgehead atoms. The van der Waals surface area contributed by atoms with E-state index in [9.17, 15) is 19.4 Å². The van der Waals surface area contributed by atoms with Crippen molar-refractivity contribution in [3.8, 4) is 0 Å². The van der Waals surface area contributed by atoms with E-state index in [-0.39, 0.29) is 18.9 Å². The molecule has 0 rings (SSSR count). The van der Waals surface area contributed by atoms with E-state index in [1.807, 2.05) is 27.2 Å². The molecule has 0 saturated heterocycles. The highest BCUT2D eigenvalue weighted by atomic mass is 31.2. The van der Waals surface area contributed by atoms with Gasteiger partial charge in [-0.3, -0.25) is 9.36 Å². The second-order valence-corrected chi connectivity index (χ2v) is 14.3. The Morgan fingerprint density at radius 3 is 1.77 bits per heavy atom. The lowest BCUT2D eigenvalue weighted by Gasteiger charge is -2.29. The fourth-order valence-electron chi connectivity index (χ4n) is 4.21. The van der Waals surface area contributed by atoms with Crippen LogP contribution in [0, 0.1) is 0 Å². The number of quaternary nitrogens is 1. The predicted molar refractivity (Wildman–Crippen MR) is 200 cm³/mol. The van der Waals surface area contributed by atoms with Crippen molar-refractivity contribution in [2.24, 2.45) is 0 Å². The highest BCUT2D eigenvalue weighted by Gasteiger charge is 2.23. The zero-order chi connectivity index (χ0) is 35.8. The third-order valence-corrected chi connectivity index (χ3v) is 8.08. The number of allylic oxidation sites excluding steroid dienone is 13. The van der Waals surface area contributed by atoms with Crippen molar-refractivity contribution < 1.29 is 32.9 Å². The molecular weight excluding hydrogens is 623 g/mol. The molecule has 0 radical (unpaired) electrons. The van der Waals surface area contributed by atoms with E-state index >= 15 is 0 Å². The van der Waals surface area contributed by atoms with Crippen LogP contribution >= 0.6 is 7.82 Å². The highest BCUT2D eigenvalue weighted by Crippen LogP contribution is 2.38. The summed E-state index contributed by atoms with van der Waals surface area (Å²) in [5.41, 5.74) is 0. The van der Waals surface area contributed by atoms with Crippen LogP contribution in [0.15, 0.2) is 85.1 Å². The van der Waals surface area contributed by atoms with Gasteiger partial charge in [-0.1, -0.05) is 112 Å². The van der Waals surface area contributed by atoms with Crippen molar-refractivity contribution >= 4 is 13.7 Å². The maximum atomic E-state index is 12.7. The van der Waals surface area contributed by atoms with Crippen molar-refractivity contribution in [3.63, 3.8) is 0 Å². The molecule has 8 nitrogen and oxygen atoms in total. The largest absolute Gasteiger partial charge is 0.756 e. The lowest BCUT2D eigenvalue weighted by Crippen LogP contribution is -2.45. The number of carbonyl (C=O) groups is 1. The first kappa shape index (κ1) is 45.7. The third-order valence-electron chi connectivity index (χ3n) is 7.11. The van der Waals surface area contributed by atoms with Crippen molar-refractivity contribution in [2.45, 2.75) is 116 Å². The van der Waals surface area contributed by atoms with Crippen LogP contribution in [0.25, 0.3) is 0 Å². The van der Waals surface area contributed by atoms with E-state index < -0.39 is 26.6 Å². The minimum atomic E-state index is -4.58. The van der Waals surface area contributed by atoms with E-state index in [2.05, 4.69) is 92.1 Å². The first-order valence-electron chi connectivity index (χ1n) is 17.9. The van der Waals surface area contributed by atoms with Crippen molar-refractivity contribution in [1.82, 2.24) is 5.32 Å². The number of hydrogen-bond donors (Lipinski definition) is 2. The first-order valence-corrected chi connectivity index (χ1v) is 19.4. The second-order valence-electron chi connectivity index (χ2n) is 12.8. The number of nitrogens with one attached hydrogen (secondary N) is 1. The van der Waals surface area contributed by atoms with Gasteiger partial charge in [-0.05, 0) is 70.6 Å². The fourth-order valence-corrected chi connectivity index (χ4v) is 4.93. The zero-order valence-corrected chi connectivity index (χ0v) is 31.5. The van der Waals surface area contributed by atoms with Gasteiger partial charge in [0.15, 0.2) is 0 Å². The van der Waals surface area contributed by atoms with Crippen LogP contribution < -0.4 is 10.2 Å². The van der Waals surface area contributed by atoms with Gasteiger partial charge in [0.05, 0.1) is 39.9 Å². The van der Waals surface area contributed by atoms with Gasteiger partial charge in [0.1, 0.15) is 13.2 Å². The van der Waals surface area contributed by atoms with Crippen LogP contribution in [0.1, 0.15) is 104 Å². The topological polar surface area (TPSA) is 108 Å². The molecule has 0 aromatic heterocycles. The fraction of sp³-hybridized carbons (Fsp3) is 0.615. The number of unbranched alkanes of at least 4 members (excludes halogenated alkanes) is 5. The standard InChI is InChI=1S/C39H67N2O6P/c1-6-8-10-12-13-14-15-16-17-18-19-20-21-22-23-24-25-26-27-29-31-33-39(43)40-37(38(42)32-30-28-11-9-7-2)36-47-48(44,45)46-35-34-41(3,4)5/h8,10,13-14,16-17,19-20,22-23,25-26,30,32,37-38,42H,6-7,9,11-12,15,18,21,24,27-29,31,33-36H2,1-5H3,(H-,40,43,44,45)/b10-8-,14-13-,17-16-,20-19-,23-22-,26-25-,32-30+. The molecule has 48 heavy (non-hydrogen) atoms. The van der Waals surface area contributed by atoms with Crippen LogP contribution in [0.3, 0.4) is 0 Å². The van der Waals surface area contributed by atoms with Crippen LogP contribution in [0.5, 0.6) is 0 Å². The number of amides is 1. The number of nitrogens with zero attached hydrogens (tertiary/aromatic N) is 1. The molecule has 0 aliphatic rings. The van der Waals surface area contributed by atoms with E-state index in [0.29, 0.717) is 17.4 Å². The van der Waals surface area contributed by atoms with Crippen LogP contribution in [0.4, 0.5) is 0 Å². The van der Waals surface area contributed by atoms with Crippen molar-refractivity contribution in [1.29, 1.82) is 0 Å². The summed E-state index contributed by atoms with van der Waals surface area (Å²) in [5.74, 6) is -0.253. The second kappa shape index (κ2) is 30.7. The predicted octanol–water partition coefficient (Wildman–Crippen LogP) is 8.43. The molecule has 0 heterocycles. The number of hydrogen-bond acceptors (Lipinski definition) is 6. The summed E-state index contributed by atoms with van der Waals surface area (Å²) >= 11 is 0. The molecule has 1 amide bonds. The Morgan fingerprint density at radius 2 is 1.25 bits per heavy atom. The summed E-state index contributed by atoms with van der Waals surface area (Å²) in [6.45, 7) is 4.33. The van der Waals surface area contributed by atoms with E-state index in [0.717, 1.165) is 77.0 Å². The van der Waals surface area contributed by atoms with Gasteiger partial charge in [-0.2, -0.15) is 0 Å². The Hall–Kier alpha value is -2.32.